The first-order valence-corrected chi connectivity index (χ1v) is 6.24. The van der Waals surface area contributed by atoms with Gasteiger partial charge in [-0.05, 0) is 28.1 Å². The number of nitrogen functional groups attached to an aromatic ring is 1. The highest BCUT2D eigenvalue weighted by molar-refractivity contribution is 9.10. The number of nitrogens with zero attached hydrogens (tertiary/aromatic N) is 2. The zero-order valence-corrected chi connectivity index (χ0v) is 12.1. The van der Waals surface area contributed by atoms with E-state index in [0.717, 1.165) is 4.47 Å². The molecule has 3 N–H and O–H groups in total. The molecule has 1 heterocycles. The number of rotatable bonds is 3. The Morgan fingerprint density at radius 3 is 2.84 bits per heavy atom. The summed E-state index contributed by atoms with van der Waals surface area (Å²) < 4.78 is 7.41. The van der Waals surface area contributed by atoms with Crippen LogP contribution in [0, 0.1) is 0 Å². The molecule has 2 rings (SSSR count). The number of nitrogens with one attached hydrogen (secondary N) is 1. The molecule has 0 radical (unpaired) electrons. The molecule has 2 aromatic rings. The molecule has 0 fully saturated rings. The number of hydrogen-bond acceptors (Lipinski definition) is 4. The van der Waals surface area contributed by atoms with Gasteiger partial charge in [-0.25, -0.2) is 0 Å². The number of amides is 1. The first kappa shape index (κ1) is 13.4. The molecule has 0 aliphatic carbocycles. The van der Waals surface area contributed by atoms with E-state index >= 15 is 0 Å². The maximum Gasteiger partial charge on any atom is 0.276 e. The molecule has 0 saturated heterocycles. The molecule has 0 spiro atoms. The smallest absolute Gasteiger partial charge is 0.276 e. The molecule has 100 valence electrons. The van der Waals surface area contributed by atoms with E-state index in [0.29, 0.717) is 22.8 Å². The second-order valence-corrected chi connectivity index (χ2v) is 4.73. The molecule has 1 amide bonds. The molecule has 0 aliphatic rings. The summed E-state index contributed by atoms with van der Waals surface area (Å²) in [6.07, 6.45) is 1.44. The lowest BCUT2D eigenvalue weighted by molar-refractivity contribution is 0.101. The van der Waals surface area contributed by atoms with Crippen molar-refractivity contribution in [2.24, 2.45) is 7.05 Å². The van der Waals surface area contributed by atoms with Gasteiger partial charge in [-0.15, -0.1) is 0 Å². The highest BCUT2D eigenvalue weighted by atomic mass is 79.9. The van der Waals surface area contributed by atoms with Gasteiger partial charge < -0.3 is 15.8 Å². The number of halogens is 1. The average molecular weight is 325 g/mol. The Morgan fingerprint density at radius 1 is 1.53 bits per heavy atom. The Labute approximate surface area is 118 Å². The van der Waals surface area contributed by atoms with Crippen LogP contribution in [-0.2, 0) is 7.05 Å². The van der Waals surface area contributed by atoms with Crippen LogP contribution < -0.4 is 15.8 Å². The van der Waals surface area contributed by atoms with Crippen molar-refractivity contribution in [3.05, 3.63) is 34.6 Å². The molecule has 0 aliphatic heterocycles. The van der Waals surface area contributed by atoms with Crippen molar-refractivity contribution in [2.45, 2.75) is 0 Å². The highest BCUT2D eigenvalue weighted by Gasteiger charge is 2.15. The van der Waals surface area contributed by atoms with Gasteiger partial charge in [0.2, 0.25) is 0 Å². The van der Waals surface area contributed by atoms with E-state index < -0.39 is 0 Å². The summed E-state index contributed by atoms with van der Waals surface area (Å²) in [5.74, 6) is 0.317. The van der Waals surface area contributed by atoms with Gasteiger partial charge >= 0.3 is 0 Å². The molecular weight excluding hydrogens is 312 g/mol. The average Bonchev–Trinajstić information content (AvgIpc) is 2.71. The van der Waals surface area contributed by atoms with Crippen molar-refractivity contribution in [3.63, 3.8) is 0 Å². The van der Waals surface area contributed by atoms with Crippen LogP contribution in [-0.4, -0.2) is 22.8 Å². The fraction of sp³-hybridized carbons (Fsp3) is 0.167. The Morgan fingerprint density at radius 2 is 2.26 bits per heavy atom. The van der Waals surface area contributed by atoms with Gasteiger partial charge in [0.05, 0.1) is 23.5 Å². The fourth-order valence-corrected chi connectivity index (χ4v) is 2.07. The van der Waals surface area contributed by atoms with E-state index in [-0.39, 0.29) is 5.91 Å². The molecule has 7 heteroatoms. The maximum absolute atomic E-state index is 12.1. The third kappa shape index (κ3) is 2.70. The predicted octanol–water partition coefficient (Wildman–Crippen LogP) is 2.03. The number of methoxy groups -OCH3 is 1. The number of anilines is 2. The summed E-state index contributed by atoms with van der Waals surface area (Å²) in [7, 11) is 3.22. The molecule has 19 heavy (non-hydrogen) atoms. The van der Waals surface area contributed by atoms with Crippen molar-refractivity contribution >= 4 is 33.2 Å². The SMILES string of the molecule is COc1cc(NC(=O)c2c(N)cnn2C)ccc1Br. The molecule has 0 bridgehead atoms. The number of aromatic nitrogens is 2. The van der Waals surface area contributed by atoms with Crippen molar-refractivity contribution < 1.29 is 9.53 Å². The van der Waals surface area contributed by atoms with Crippen molar-refractivity contribution in [3.8, 4) is 5.75 Å². The van der Waals surface area contributed by atoms with Gasteiger partial charge in [-0.3, -0.25) is 9.48 Å². The summed E-state index contributed by atoms with van der Waals surface area (Å²) in [6.45, 7) is 0. The lowest BCUT2D eigenvalue weighted by atomic mass is 10.2. The Bertz CT molecular complexity index is 605. The maximum atomic E-state index is 12.1. The van der Waals surface area contributed by atoms with Gasteiger partial charge in [0.1, 0.15) is 11.4 Å². The van der Waals surface area contributed by atoms with Crippen molar-refractivity contribution in [2.75, 3.05) is 18.2 Å². The monoisotopic (exact) mass is 324 g/mol. The summed E-state index contributed by atoms with van der Waals surface area (Å²) in [5, 5.41) is 6.67. The summed E-state index contributed by atoms with van der Waals surface area (Å²) in [5.41, 5.74) is 6.97. The second-order valence-electron chi connectivity index (χ2n) is 3.88. The number of nitrogens with two attached hydrogens (primary N) is 1. The minimum Gasteiger partial charge on any atom is -0.495 e. The number of ether oxygens (including phenoxy) is 1. The summed E-state index contributed by atoms with van der Waals surface area (Å²) >= 11 is 3.35. The van der Waals surface area contributed by atoms with Gasteiger partial charge in [0, 0.05) is 18.8 Å². The van der Waals surface area contributed by atoms with Gasteiger partial charge in [0.15, 0.2) is 0 Å². The van der Waals surface area contributed by atoms with Crippen LogP contribution in [0.1, 0.15) is 10.5 Å². The van der Waals surface area contributed by atoms with E-state index in [4.69, 9.17) is 10.5 Å². The quantitative estimate of drug-likeness (QED) is 0.905. The lowest BCUT2D eigenvalue weighted by Crippen LogP contribution is -2.17. The van der Waals surface area contributed by atoms with E-state index in [1.54, 1.807) is 32.4 Å². The third-order valence-corrected chi connectivity index (χ3v) is 3.25. The molecule has 0 atom stereocenters. The third-order valence-electron chi connectivity index (χ3n) is 2.59. The standard InChI is InChI=1S/C12H13BrN4O2/c1-17-11(9(14)6-15-17)12(18)16-7-3-4-8(13)10(5-7)19-2/h3-6H,14H2,1-2H3,(H,16,18). The molecule has 0 unspecified atom stereocenters. The molecule has 0 saturated carbocycles. The Balaban J connectivity index is 2.24. The Hall–Kier alpha value is -2.02. The van der Waals surface area contributed by atoms with Crippen molar-refractivity contribution in [1.29, 1.82) is 0 Å². The van der Waals surface area contributed by atoms with Gasteiger partial charge in [-0.1, -0.05) is 0 Å². The minimum atomic E-state index is -0.318. The van der Waals surface area contributed by atoms with Gasteiger partial charge in [-0.2, -0.15) is 5.10 Å². The van der Waals surface area contributed by atoms with Crippen LogP contribution in [0.3, 0.4) is 0 Å². The van der Waals surface area contributed by atoms with E-state index in [9.17, 15) is 4.79 Å². The van der Waals surface area contributed by atoms with Crippen LogP contribution in [0.4, 0.5) is 11.4 Å². The minimum absolute atomic E-state index is 0.318. The van der Waals surface area contributed by atoms with Crippen LogP contribution >= 0.6 is 15.9 Å². The van der Waals surface area contributed by atoms with Crippen LogP contribution in [0.5, 0.6) is 5.75 Å². The van der Waals surface area contributed by atoms with Crippen molar-refractivity contribution in [1.82, 2.24) is 9.78 Å². The first-order chi connectivity index (χ1) is 9.02. The molecular formula is C12H13BrN4O2. The largest absolute Gasteiger partial charge is 0.495 e. The number of carbonyl (C=O) groups is 1. The Kier molecular flexibility index (Phi) is 3.75. The van der Waals surface area contributed by atoms with E-state index in [1.165, 1.54) is 10.9 Å². The summed E-state index contributed by atoms with van der Waals surface area (Å²) in [4.78, 5) is 12.1. The number of benzene rings is 1. The van der Waals surface area contributed by atoms with E-state index in [1.807, 2.05) is 0 Å². The van der Waals surface area contributed by atoms with Gasteiger partial charge in [0.25, 0.3) is 5.91 Å². The molecule has 1 aromatic heterocycles. The predicted molar refractivity (Wildman–Crippen MR) is 76.3 cm³/mol. The summed E-state index contributed by atoms with van der Waals surface area (Å²) in [6, 6.07) is 5.27. The fourth-order valence-electron chi connectivity index (χ4n) is 1.66. The van der Waals surface area contributed by atoms with Crippen LogP contribution in [0.25, 0.3) is 0 Å². The highest BCUT2D eigenvalue weighted by Crippen LogP contribution is 2.28. The second kappa shape index (κ2) is 5.31. The number of hydrogen-bond donors (Lipinski definition) is 2. The molecule has 6 nitrogen and oxygen atoms in total. The zero-order chi connectivity index (χ0) is 14.0. The number of aryl methyl sites for hydroxylation is 1. The molecule has 1 aromatic carbocycles. The van der Waals surface area contributed by atoms with Crippen LogP contribution in [0.15, 0.2) is 28.9 Å². The lowest BCUT2D eigenvalue weighted by Gasteiger charge is -2.09. The van der Waals surface area contributed by atoms with Crippen LogP contribution in [0.2, 0.25) is 0 Å². The normalized spacial score (nSPS) is 10.3. The first-order valence-electron chi connectivity index (χ1n) is 5.45. The topological polar surface area (TPSA) is 82.2 Å². The number of carbonyl (C=O) groups excluding carboxylic acids is 1. The van der Waals surface area contributed by atoms with E-state index in [2.05, 4.69) is 26.3 Å². The zero-order valence-electron chi connectivity index (χ0n) is 10.5.